The zero-order valence-electron chi connectivity index (χ0n) is 31.6. The number of pyridine rings is 1. The van der Waals surface area contributed by atoms with Crippen molar-refractivity contribution in [1.29, 1.82) is 0 Å². The number of imidazole rings is 1. The molecular weight excluding hydrogens is 769 g/mol. The lowest BCUT2D eigenvalue weighted by molar-refractivity contribution is -0.274. The van der Waals surface area contributed by atoms with Crippen molar-refractivity contribution in [3.8, 4) is 28.1 Å². The topological polar surface area (TPSA) is 162 Å². The van der Waals surface area contributed by atoms with Gasteiger partial charge in [0.1, 0.15) is 23.4 Å². The predicted octanol–water partition coefficient (Wildman–Crippen LogP) is 6.65. The Labute approximate surface area is 331 Å². The third-order valence-electron chi connectivity index (χ3n) is 9.99. The summed E-state index contributed by atoms with van der Waals surface area (Å²) in [7, 11) is 1.23. The smallest absolute Gasteiger partial charge is 0.453 e. The molecule has 2 aromatic carbocycles. The Balaban J connectivity index is 1.18. The van der Waals surface area contributed by atoms with Crippen molar-refractivity contribution in [2.45, 2.75) is 58.1 Å². The van der Waals surface area contributed by atoms with Crippen molar-refractivity contribution in [2.24, 2.45) is 5.92 Å². The number of hydrogen-bond acceptors (Lipinski definition) is 9. The summed E-state index contributed by atoms with van der Waals surface area (Å²) in [6.45, 7) is 7.74. The van der Waals surface area contributed by atoms with E-state index in [4.69, 9.17) is 21.3 Å². The Bertz CT molecular complexity index is 2100. The lowest BCUT2D eigenvalue weighted by atomic mass is 10.0. The minimum atomic E-state index is -5.05. The van der Waals surface area contributed by atoms with Crippen LogP contribution in [0.3, 0.4) is 0 Å². The predicted molar refractivity (Wildman–Crippen MR) is 206 cm³/mol. The number of aromatic nitrogens is 3. The molecule has 2 saturated heterocycles. The van der Waals surface area contributed by atoms with Gasteiger partial charge in [-0.1, -0.05) is 49.7 Å². The molecule has 2 aliphatic heterocycles. The van der Waals surface area contributed by atoms with Gasteiger partial charge in [0, 0.05) is 61.8 Å². The maximum Gasteiger partial charge on any atom is 0.573 e. The van der Waals surface area contributed by atoms with Crippen LogP contribution in [0.25, 0.3) is 22.4 Å². The number of alkyl halides is 3. The monoisotopic (exact) mass is 810 g/mol. The molecule has 0 aliphatic carbocycles. The first kappa shape index (κ1) is 40.8. The standard InChI is InChI=1S/C39H42ClF3N8O6/c1-22(2)34(48-38(55)56-4)37(54)51-13-5-6-31(51)35-45-19-30(46-35)25-9-7-24(8-10-25)27-16-28(40)29(17-32(27)57-39(41,42)43)47-36(53)26-11-12-33(44-18-26)50-15-14-49(21-52)20-23(50)3/h7-12,16-19,21-23,31,34H,5-6,13-15,20H2,1-4H3,(H,45,46)(H,47,53)(H,48,55)/t23-,31+,34+/m1/s1. The second-order valence-corrected chi connectivity index (χ2v) is 14.6. The quantitative estimate of drug-likeness (QED) is 0.141. The van der Waals surface area contributed by atoms with Crippen LogP contribution >= 0.6 is 11.6 Å². The van der Waals surface area contributed by atoms with Crippen LogP contribution in [0.15, 0.2) is 60.9 Å². The highest BCUT2D eigenvalue weighted by atomic mass is 35.5. The van der Waals surface area contributed by atoms with Crippen molar-refractivity contribution in [1.82, 2.24) is 30.1 Å². The van der Waals surface area contributed by atoms with E-state index in [1.165, 1.54) is 19.4 Å². The molecule has 3 atom stereocenters. The zero-order valence-corrected chi connectivity index (χ0v) is 32.4. The highest BCUT2D eigenvalue weighted by Gasteiger charge is 2.38. The van der Waals surface area contributed by atoms with E-state index < -0.39 is 30.2 Å². The van der Waals surface area contributed by atoms with Gasteiger partial charge in [-0.25, -0.2) is 14.8 Å². The third-order valence-corrected chi connectivity index (χ3v) is 10.3. The van der Waals surface area contributed by atoms with Gasteiger partial charge < -0.3 is 39.8 Å². The van der Waals surface area contributed by atoms with Crippen LogP contribution in [0.5, 0.6) is 5.75 Å². The van der Waals surface area contributed by atoms with Crippen molar-refractivity contribution in [3.63, 3.8) is 0 Å². The van der Waals surface area contributed by atoms with Gasteiger partial charge >= 0.3 is 12.5 Å². The third kappa shape index (κ3) is 9.42. The SMILES string of the molecule is COC(=O)N[C@H](C(=O)N1CCC[C@H]1c1nc(-c2ccc(-c3cc(Cl)c(NC(=O)c4ccc(N5CCN(C=O)C[C@H]5C)nc4)cc3OC(F)(F)F)cc2)c[nH]1)C(C)C. The number of rotatable bonds is 11. The number of aromatic amines is 1. The molecule has 4 heterocycles. The first-order valence-electron chi connectivity index (χ1n) is 18.3. The van der Waals surface area contributed by atoms with E-state index in [-0.39, 0.29) is 45.7 Å². The lowest BCUT2D eigenvalue weighted by Gasteiger charge is -2.39. The van der Waals surface area contributed by atoms with E-state index in [2.05, 4.69) is 25.3 Å². The van der Waals surface area contributed by atoms with Gasteiger partial charge in [-0.15, -0.1) is 13.2 Å². The summed E-state index contributed by atoms with van der Waals surface area (Å²) < 4.78 is 50.1. The first-order chi connectivity index (χ1) is 27.1. The molecule has 4 aromatic rings. The second kappa shape index (κ2) is 17.1. The van der Waals surface area contributed by atoms with Crippen LogP contribution in [-0.4, -0.2) is 101 Å². The number of halogens is 4. The van der Waals surface area contributed by atoms with Gasteiger partial charge in [-0.2, -0.15) is 0 Å². The molecule has 14 nitrogen and oxygen atoms in total. The average Bonchev–Trinajstić information content (AvgIpc) is 3.88. The second-order valence-electron chi connectivity index (χ2n) is 14.2. The van der Waals surface area contributed by atoms with Crippen molar-refractivity contribution >= 4 is 47.4 Å². The van der Waals surface area contributed by atoms with Crippen molar-refractivity contribution in [3.05, 3.63) is 77.3 Å². The van der Waals surface area contributed by atoms with E-state index in [9.17, 15) is 32.3 Å². The number of likely N-dealkylation sites (tertiary alicyclic amines) is 1. The van der Waals surface area contributed by atoms with Crippen LogP contribution in [0, 0.1) is 5.92 Å². The molecule has 6 rings (SSSR count). The lowest BCUT2D eigenvalue weighted by Crippen LogP contribution is -2.51. The Morgan fingerprint density at radius 3 is 2.42 bits per heavy atom. The fourth-order valence-corrected chi connectivity index (χ4v) is 7.27. The van der Waals surface area contributed by atoms with Crippen LogP contribution in [-0.2, 0) is 14.3 Å². The van der Waals surface area contributed by atoms with Gasteiger partial charge in [0.25, 0.3) is 5.91 Å². The number of nitrogens with zero attached hydrogens (tertiary/aromatic N) is 5. The highest BCUT2D eigenvalue weighted by Crippen LogP contribution is 2.41. The molecular formula is C39H42ClF3N8O6. The van der Waals surface area contributed by atoms with Gasteiger partial charge in [0.05, 0.1) is 35.1 Å². The minimum absolute atomic E-state index is 0.00402. The molecule has 0 radical (unpaired) electrons. The fraction of sp³-hybridized carbons (Fsp3) is 0.385. The van der Waals surface area contributed by atoms with Crippen LogP contribution in [0.2, 0.25) is 5.02 Å². The largest absolute Gasteiger partial charge is 0.573 e. The molecule has 3 N–H and O–H groups in total. The molecule has 0 spiro atoms. The summed E-state index contributed by atoms with van der Waals surface area (Å²) in [5.74, 6) is -0.492. The number of methoxy groups -OCH3 is 1. The summed E-state index contributed by atoms with van der Waals surface area (Å²) in [5.41, 5.74) is 1.62. The minimum Gasteiger partial charge on any atom is -0.453 e. The number of anilines is 2. The highest BCUT2D eigenvalue weighted by molar-refractivity contribution is 6.34. The summed E-state index contributed by atoms with van der Waals surface area (Å²) in [6, 6.07) is 10.9. The average molecular weight is 811 g/mol. The molecule has 0 bridgehead atoms. The molecule has 0 unspecified atom stereocenters. The maximum atomic E-state index is 13.7. The number of hydrogen-bond donors (Lipinski definition) is 3. The van der Waals surface area contributed by atoms with Crippen molar-refractivity contribution < 1.29 is 41.8 Å². The Hall–Kier alpha value is -5.84. The van der Waals surface area contributed by atoms with Gasteiger partial charge in [-0.3, -0.25) is 14.4 Å². The molecule has 2 aromatic heterocycles. The number of alkyl carbamates (subject to hydrolysis) is 1. The number of benzene rings is 2. The number of carbonyl (C=O) groups excluding carboxylic acids is 4. The number of amides is 4. The van der Waals surface area contributed by atoms with E-state index in [1.807, 2.05) is 25.7 Å². The number of nitrogens with one attached hydrogen (secondary N) is 3. The first-order valence-corrected chi connectivity index (χ1v) is 18.7. The molecule has 0 saturated carbocycles. The number of piperazine rings is 1. The Morgan fingerprint density at radius 1 is 1.05 bits per heavy atom. The summed E-state index contributed by atoms with van der Waals surface area (Å²) in [4.78, 5) is 67.5. The normalized spacial score (nSPS) is 17.7. The molecule has 4 amide bonds. The van der Waals surface area contributed by atoms with E-state index in [0.29, 0.717) is 61.1 Å². The summed E-state index contributed by atoms with van der Waals surface area (Å²) >= 11 is 6.54. The van der Waals surface area contributed by atoms with Gasteiger partial charge in [0.2, 0.25) is 12.3 Å². The van der Waals surface area contributed by atoms with Crippen molar-refractivity contribution in [2.75, 3.05) is 43.5 Å². The molecule has 57 heavy (non-hydrogen) atoms. The van der Waals surface area contributed by atoms with Gasteiger partial charge in [0.15, 0.2) is 0 Å². The zero-order chi connectivity index (χ0) is 41.0. The number of carbonyl (C=O) groups is 4. The molecule has 302 valence electrons. The maximum absolute atomic E-state index is 13.7. The molecule has 2 fully saturated rings. The van der Waals surface area contributed by atoms with E-state index >= 15 is 0 Å². The van der Waals surface area contributed by atoms with E-state index in [0.717, 1.165) is 18.9 Å². The fourth-order valence-electron chi connectivity index (χ4n) is 7.06. The summed E-state index contributed by atoms with van der Waals surface area (Å²) in [6.07, 6.45) is -0.500. The van der Waals surface area contributed by atoms with Crippen LogP contribution < -0.4 is 20.3 Å². The molecule has 2 aliphatic rings. The Kier molecular flexibility index (Phi) is 12.3. The number of ether oxygens (including phenoxy) is 2. The van der Waals surface area contributed by atoms with Crippen LogP contribution in [0.1, 0.15) is 55.8 Å². The van der Waals surface area contributed by atoms with E-state index in [1.54, 1.807) is 52.4 Å². The molecule has 18 heteroatoms. The van der Waals surface area contributed by atoms with Crippen LogP contribution in [0.4, 0.5) is 29.5 Å². The summed E-state index contributed by atoms with van der Waals surface area (Å²) in [5, 5.41) is 5.16. The van der Waals surface area contributed by atoms with Gasteiger partial charge in [-0.05, 0) is 49.4 Å². The number of H-pyrrole nitrogens is 1. The Morgan fingerprint density at radius 2 is 1.79 bits per heavy atom.